The third kappa shape index (κ3) is 6.29. The van der Waals surface area contributed by atoms with Gasteiger partial charge in [-0.25, -0.2) is 0 Å². The molecule has 3 nitrogen and oxygen atoms in total. The van der Waals surface area contributed by atoms with Gasteiger partial charge in [0.1, 0.15) is 5.75 Å². The Bertz CT molecular complexity index is 296. The number of benzene rings is 1. The molecule has 1 atom stereocenters. The highest BCUT2D eigenvalue weighted by atomic mass is 16.5. The summed E-state index contributed by atoms with van der Waals surface area (Å²) in [7, 11) is 0. The number of ether oxygens (including phenoxy) is 1. The number of hydrogen-bond acceptors (Lipinski definition) is 3. The molecule has 1 rings (SSSR count). The summed E-state index contributed by atoms with van der Waals surface area (Å²) in [6, 6.07) is 8.59. The van der Waals surface area contributed by atoms with E-state index >= 15 is 0 Å². The van der Waals surface area contributed by atoms with Crippen molar-refractivity contribution in [2.45, 2.75) is 32.7 Å². The lowest BCUT2D eigenvalue weighted by Crippen LogP contribution is -2.25. The summed E-state index contributed by atoms with van der Waals surface area (Å²) >= 11 is 0. The topological polar surface area (TPSA) is 47.3 Å². The molecule has 0 fully saturated rings. The minimum absolute atomic E-state index is 0.285. The minimum atomic E-state index is 0.285. The molecule has 3 heteroatoms. The van der Waals surface area contributed by atoms with Crippen LogP contribution < -0.4 is 15.8 Å². The molecule has 96 valence electrons. The number of hydrogen-bond donors (Lipinski definition) is 2. The van der Waals surface area contributed by atoms with E-state index < -0.39 is 0 Å². The first kappa shape index (κ1) is 14.0. The highest BCUT2D eigenvalue weighted by Crippen LogP contribution is 2.12. The fourth-order valence-corrected chi connectivity index (χ4v) is 1.61. The lowest BCUT2D eigenvalue weighted by Gasteiger charge is -2.08. The van der Waals surface area contributed by atoms with Crippen LogP contribution in [0.25, 0.3) is 0 Å². The van der Waals surface area contributed by atoms with E-state index in [4.69, 9.17) is 10.5 Å². The van der Waals surface area contributed by atoms with E-state index in [1.54, 1.807) is 0 Å². The largest absolute Gasteiger partial charge is 0.494 e. The van der Waals surface area contributed by atoms with Crippen LogP contribution in [0.1, 0.15) is 25.8 Å². The fourth-order valence-electron chi connectivity index (χ4n) is 1.61. The average molecular weight is 236 g/mol. The van der Waals surface area contributed by atoms with Crippen LogP contribution >= 0.6 is 0 Å². The zero-order valence-electron chi connectivity index (χ0n) is 10.9. The summed E-state index contributed by atoms with van der Waals surface area (Å²) in [5.41, 5.74) is 7.01. The Morgan fingerprint density at radius 1 is 1.24 bits per heavy atom. The van der Waals surface area contributed by atoms with Crippen molar-refractivity contribution in [3.05, 3.63) is 29.8 Å². The van der Waals surface area contributed by atoms with E-state index in [-0.39, 0.29) is 6.04 Å². The van der Waals surface area contributed by atoms with E-state index in [1.165, 1.54) is 5.56 Å². The van der Waals surface area contributed by atoms with Gasteiger partial charge in [-0.05, 0) is 57.5 Å². The van der Waals surface area contributed by atoms with Gasteiger partial charge in [0.05, 0.1) is 6.61 Å². The molecule has 0 aliphatic carbocycles. The SMILES string of the molecule is CCOc1ccc(CCNCCC(C)N)cc1. The van der Waals surface area contributed by atoms with Gasteiger partial charge in [-0.2, -0.15) is 0 Å². The van der Waals surface area contributed by atoms with E-state index in [0.29, 0.717) is 0 Å². The predicted octanol–water partition coefficient (Wildman–Crippen LogP) is 1.95. The van der Waals surface area contributed by atoms with Crippen LogP contribution in [0.2, 0.25) is 0 Å². The van der Waals surface area contributed by atoms with Crippen LogP contribution in [0, 0.1) is 0 Å². The zero-order valence-corrected chi connectivity index (χ0v) is 10.9. The second-order valence-corrected chi connectivity index (χ2v) is 4.34. The standard InChI is InChI=1S/C14H24N2O/c1-3-17-14-6-4-13(5-7-14)9-11-16-10-8-12(2)15/h4-7,12,16H,3,8-11,15H2,1-2H3. The summed E-state index contributed by atoms with van der Waals surface area (Å²) < 4.78 is 5.40. The van der Waals surface area contributed by atoms with Gasteiger partial charge >= 0.3 is 0 Å². The monoisotopic (exact) mass is 236 g/mol. The molecule has 0 saturated heterocycles. The molecular formula is C14H24N2O. The Labute approximate surface area is 104 Å². The first-order valence-corrected chi connectivity index (χ1v) is 6.40. The minimum Gasteiger partial charge on any atom is -0.494 e. The zero-order chi connectivity index (χ0) is 12.5. The smallest absolute Gasteiger partial charge is 0.119 e. The molecule has 0 aliphatic rings. The third-order valence-corrected chi connectivity index (χ3v) is 2.60. The molecular weight excluding hydrogens is 212 g/mol. The van der Waals surface area contributed by atoms with Gasteiger partial charge < -0.3 is 15.8 Å². The molecule has 0 bridgehead atoms. The van der Waals surface area contributed by atoms with Crippen LogP contribution in [0.15, 0.2) is 24.3 Å². The van der Waals surface area contributed by atoms with Gasteiger partial charge in [0, 0.05) is 6.04 Å². The van der Waals surface area contributed by atoms with Gasteiger partial charge in [0.15, 0.2) is 0 Å². The maximum absolute atomic E-state index is 5.68. The summed E-state index contributed by atoms with van der Waals surface area (Å²) in [5, 5.41) is 3.39. The lowest BCUT2D eigenvalue weighted by atomic mass is 10.1. The van der Waals surface area contributed by atoms with Crippen molar-refractivity contribution in [1.29, 1.82) is 0 Å². The molecule has 0 aliphatic heterocycles. The van der Waals surface area contributed by atoms with Gasteiger partial charge in [-0.1, -0.05) is 12.1 Å². The second-order valence-electron chi connectivity index (χ2n) is 4.34. The van der Waals surface area contributed by atoms with Gasteiger partial charge in [0.2, 0.25) is 0 Å². The molecule has 17 heavy (non-hydrogen) atoms. The highest BCUT2D eigenvalue weighted by molar-refractivity contribution is 5.27. The summed E-state index contributed by atoms with van der Waals surface area (Å²) in [6.45, 7) is 6.75. The van der Waals surface area contributed by atoms with Crippen molar-refractivity contribution < 1.29 is 4.74 Å². The van der Waals surface area contributed by atoms with Crippen molar-refractivity contribution in [2.24, 2.45) is 5.73 Å². The quantitative estimate of drug-likeness (QED) is 0.678. The summed E-state index contributed by atoms with van der Waals surface area (Å²) in [4.78, 5) is 0. The van der Waals surface area contributed by atoms with Crippen LogP contribution in [-0.2, 0) is 6.42 Å². The molecule has 1 unspecified atom stereocenters. The van der Waals surface area contributed by atoms with Crippen molar-refractivity contribution in [2.75, 3.05) is 19.7 Å². The maximum Gasteiger partial charge on any atom is 0.119 e. The molecule has 0 saturated carbocycles. The van der Waals surface area contributed by atoms with E-state index in [0.717, 1.165) is 38.3 Å². The summed E-state index contributed by atoms with van der Waals surface area (Å²) in [6.07, 6.45) is 2.08. The number of rotatable bonds is 8. The van der Waals surface area contributed by atoms with Crippen molar-refractivity contribution in [3.63, 3.8) is 0 Å². The molecule has 0 aromatic heterocycles. The van der Waals surface area contributed by atoms with Crippen LogP contribution in [0.4, 0.5) is 0 Å². The molecule has 3 N–H and O–H groups in total. The molecule has 1 aromatic rings. The Morgan fingerprint density at radius 2 is 1.94 bits per heavy atom. The Balaban J connectivity index is 2.18. The van der Waals surface area contributed by atoms with Gasteiger partial charge in [0.25, 0.3) is 0 Å². The van der Waals surface area contributed by atoms with Crippen LogP contribution in [0.5, 0.6) is 5.75 Å². The molecule has 1 aromatic carbocycles. The normalized spacial score (nSPS) is 12.4. The lowest BCUT2D eigenvalue weighted by molar-refractivity contribution is 0.340. The van der Waals surface area contributed by atoms with Crippen molar-refractivity contribution in [3.8, 4) is 5.75 Å². The van der Waals surface area contributed by atoms with E-state index in [1.807, 2.05) is 26.0 Å². The summed E-state index contributed by atoms with van der Waals surface area (Å²) in [5.74, 6) is 0.946. The molecule has 0 spiro atoms. The predicted molar refractivity (Wildman–Crippen MR) is 72.5 cm³/mol. The first-order chi connectivity index (χ1) is 8.22. The van der Waals surface area contributed by atoms with Crippen molar-refractivity contribution in [1.82, 2.24) is 5.32 Å². The van der Waals surface area contributed by atoms with Gasteiger partial charge in [-0.15, -0.1) is 0 Å². The third-order valence-electron chi connectivity index (χ3n) is 2.60. The van der Waals surface area contributed by atoms with Gasteiger partial charge in [-0.3, -0.25) is 0 Å². The second kappa shape index (κ2) is 8.09. The Hall–Kier alpha value is -1.06. The van der Waals surface area contributed by atoms with E-state index in [2.05, 4.69) is 17.4 Å². The fraction of sp³-hybridized carbons (Fsp3) is 0.571. The molecule has 0 amide bonds. The Morgan fingerprint density at radius 3 is 2.53 bits per heavy atom. The Kier molecular flexibility index (Phi) is 6.67. The number of nitrogens with two attached hydrogens (primary N) is 1. The van der Waals surface area contributed by atoms with Crippen molar-refractivity contribution >= 4 is 0 Å². The molecule has 0 radical (unpaired) electrons. The van der Waals surface area contributed by atoms with Crippen LogP contribution in [0.3, 0.4) is 0 Å². The van der Waals surface area contributed by atoms with E-state index in [9.17, 15) is 0 Å². The van der Waals surface area contributed by atoms with Crippen LogP contribution in [-0.4, -0.2) is 25.7 Å². The highest BCUT2D eigenvalue weighted by Gasteiger charge is 1.96. The first-order valence-electron chi connectivity index (χ1n) is 6.40. The maximum atomic E-state index is 5.68. The average Bonchev–Trinajstić information content (AvgIpc) is 2.31. The molecule has 0 heterocycles. The number of nitrogens with one attached hydrogen (secondary N) is 1.